The topological polar surface area (TPSA) is 58.6 Å². The molecule has 0 aliphatic heterocycles. The average Bonchev–Trinajstić information content (AvgIpc) is 2.45. The van der Waals surface area contributed by atoms with Crippen molar-refractivity contribution in [2.24, 2.45) is 5.92 Å². The number of aliphatic hydroxyl groups is 1. The molecule has 0 saturated carbocycles. The molecule has 4 nitrogen and oxygen atoms in total. The van der Waals surface area contributed by atoms with Crippen LogP contribution >= 0.6 is 0 Å². The van der Waals surface area contributed by atoms with E-state index in [0.29, 0.717) is 12.3 Å². The van der Waals surface area contributed by atoms with Gasteiger partial charge in [0.1, 0.15) is 5.75 Å². The van der Waals surface area contributed by atoms with Crippen LogP contribution in [0.15, 0.2) is 24.3 Å². The summed E-state index contributed by atoms with van der Waals surface area (Å²) in [5, 5.41) is 12.2. The Morgan fingerprint density at radius 3 is 2.33 bits per heavy atom. The van der Waals surface area contributed by atoms with E-state index in [0.717, 1.165) is 17.7 Å². The molecule has 0 radical (unpaired) electrons. The first-order chi connectivity index (χ1) is 9.96. The smallest absolute Gasteiger partial charge is 0.220 e. The maximum atomic E-state index is 12.1. The number of hydrogen-bond donors (Lipinski definition) is 2. The van der Waals surface area contributed by atoms with Crippen molar-refractivity contribution in [2.45, 2.75) is 45.6 Å². The molecule has 1 aromatic carbocycles. The van der Waals surface area contributed by atoms with Gasteiger partial charge in [-0.2, -0.15) is 0 Å². The van der Waals surface area contributed by atoms with Crippen LogP contribution in [0.2, 0.25) is 0 Å². The molecule has 2 atom stereocenters. The van der Waals surface area contributed by atoms with Crippen LogP contribution in [0.4, 0.5) is 0 Å². The third-order valence-corrected chi connectivity index (χ3v) is 3.52. The maximum Gasteiger partial charge on any atom is 0.220 e. The van der Waals surface area contributed by atoms with Gasteiger partial charge in [-0.1, -0.05) is 32.9 Å². The third-order valence-electron chi connectivity index (χ3n) is 3.52. The Bertz CT molecular complexity index is 428. The molecule has 1 aromatic rings. The van der Waals surface area contributed by atoms with Crippen molar-refractivity contribution in [3.8, 4) is 5.75 Å². The van der Waals surface area contributed by atoms with Gasteiger partial charge in [0.15, 0.2) is 0 Å². The van der Waals surface area contributed by atoms with Crippen LogP contribution in [0.3, 0.4) is 0 Å². The van der Waals surface area contributed by atoms with Gasteiger partial charge in [-0.3, -0.25) is 4.79 Å². The van der Waals surface area contributed by atoms with Crippen LogP contribution in [0, 0.1) is 5.92 Å². The second kappa shape index (κ2) is 8.67. The van der Waals surface area contributed by atoms with E-state index >= 15 is 0 Å². The zero-order valence-electron chi connectivity index (χ0n) is 13.4. The third kappa shape index (κ3) is 6.17. The van der Waals surface area contributed by atoms with Crippen LogP contribution in [0.5, 0.6) is 5.75 Å². The molecular weight excluding hydrogens is 266 g/mol. The zero-order valence-corrected chi connectivity index (χ0v) is 13.4. The number of carbonyl (C=O) groups is 1. The van der Waals surface area contributed by atoms with Crippen LogP contribution in [-0.4, -0.2) is 30.8 Å². The summed E-state index contributed by atoms with van der Waals surface area (Å²) in [7, 11) is 1.63. The van der Waals surface area contributed by atoms with Crippen molar-refractivity contribution >= 4 is 5.91 Å². The number of ether oxygens (including phenoxy) is 1. The van der Waals surface area contributed by atoms with Crippen molar-refractivity contribution < 1.29 is 14.6 Å². The summed E-state index contributed by atoms with van der Waals surface area (Å²) >= 11 is 0. The molecule has 0 aliphatic rings. The molecular formula is C17H27NO3. The van der Waals surface area contributed by atoms with Gasteiger partial charge in [0, 0.05) is 6.42 Å². The fourth-order valence-electron chi connectivity index (χ4n) is 2.36. The number of carbonyl (C=O) groups excluding carboxylic acids is 1. The largest absolute Gasteiger partial charge is 0.497 e. The first kappa shape index (κ1) is 17.5. The molecule has 4 heteroatoms. The Morgan fingerprint density at radius 2 is 1.86 bits per heavy atom. The second-order valence-corrected chi connectivity index (χ2v) is 5.95. The summed E-state index contributed by atoms with van der Waals surface area (Å²) < 4.78 is 5.13. The SMILES string of the molecule is COc1ccc(C(C)CC(=O)NC(CO)CC(C)C)cc1. The Labute approximate surface area is 127 Å². The van der Waals surface area contributed by atoms with E-state index in [2.05, 4.69) is 19.2 Å². The monoisotopic (exact) mass is 293 g/mol. The van der Waals surface area contributed by atoms with Crippen LogP contribution in [0.25, 0.3) is 0 Å². The standard InChI is InChI=1S/C17H27NO3/c1-12(2)9-15(11-19)18-17(20)10-13(3)14-5-7-16(21-4)8-6-14/h5-8,12-13,15,19H,9-11H2,1-4H3,(H,18,20). The highest BCUT2D eigenvalue weighted by Crippen LogP contribution is 2.21. The van der Waals surface area contributed by atoms with E-state index in [1.807, 2.05) is 31.2 Å². The van der Waals surface area contributed by atoms with Gasteiger partial charge in [-0.15, -0.1) is 0 Å². The molecule has 2 unspecified atom stereocenters. The first-order valence-electron chi connectivity index (χ1n) is 7.50. The van der Waals surface area contributed by atoms with Gasteiger partial charge in [0.2, 0.25) is 5.91 Å². The minimum Gasteiger partial charge on any atom is -0.497 e. The highest BCUT2D eigenvalue weighted by atomic mass is 16.5. The summed E-state index contributed by atoms with van der Waals surface area (Å²) in [6, 6.07) is 7.61. The predicted molar refractivity (Wildman–Crippen MR) is 84.5 cm³/mol. The Hall–Kier alpha value is -1.55. The van der Waals surface area contributed by atoms with E-state index in [9.17, 15) is 9.90 Å². The number of nitrogens with one attached hydrogen (secondary N) is 1. The summed E-state index contributed by atoms with van der Waals surface area (Å²) in [4.78, 5) is 12.1. The number of methoxy groups -OCH3 is 1. The maximum absolute atomic E-state index is 12.1. The average molecular weight is 293 g/mol. The molecule has 0 aromatic heterocycles. The van der Waals surface area contributed by atoms with Crippen LogP contribution in [-0.2, 0) is 4.79 Å². The number of rotatable bonds is 8. The molecule has 0 aliphatic carbocycles. The lowest BCUT2D eigenvalue weighted by Gasteiger charge is -2.20. The van der Waals surface area contributed by atoms with Gasteiger partial charge < -0.3 is 15.2 Å². The Morgan fingerprint density at radius 1 is 1.24 bits per heavy atom. The molecule has 1 amide bonds. The van der Waals surface area contributed by atoms with E-state index < -0.39 is 0 Å². The quantitative estimate of drug-likeness (QED) is 0.775. The summed E-state index contributed by atoms with van der Waals surface area (Å²) in [5.41, 5.74) is 1.11. The molecule has 0 spiro atoms. The number of hydrogen-bond acceptors (Lipinski definition) is 3. The highest BCUT2D eigenvalue weighted by molar-refractivity contribution is 5.77. The van der Waals surface area contributed by atoms with Crippen LogP contribution < -0.4 is 10.1 Å². The van der Waals surface area contributed by atoms with Crippen LogP contribution in [0.1, 0.15) is 45.1 Å². The van der Waals surface area contributed by atoms with Crippen molar-refractivity contribution in [1.82, 2.24) is 5.32 Å². The lowest BCUT2D eigenvalue weighted by molar-refractivity contribution is -0.122. The highest BCUT2D eigenvalue weighted by Gasteiger charge is 2.16. The van der Waals surface area contributed by atoms with Gasteiger partial charge in [-0.05, 0) is 36.0 Å². The van der Waals surface area contributed by atoms with Crippen molar-refractivity contribution in [3.63, 3.8) is 0 Å². The number of aliphatic hydroxyl groups excluding tert-OH is 1. The van der Waals surface area contributed by atoms with E-state index in [4.69, 9.17) is 4.74 Å². The van der Waals surface area contributed by atoms with E-state index in [1.165, 1.54) is 0 Å². The Balaban J connectivity index is 2.52. The summed E-state index contributed by atoms with van der Waals surface area (Å²) in [6.07, 6.45) is 1.21. The van der Waals surface area contributed by atoms with Gasteiger partial charge in [0.25, 0.3) is 0 Å². The van der Waals surface area contributed by atoms with Crippen molar-refractivity contribution in [3.05, 3.63) is 29.8 Å². The summed E-state index contributed by atoms with van der Waals surface area (Å²) in [5.74, 6) is 1.38. The predicted octanol–water partition coefficient (Wildman–Crippen LogP) is 2.71. The van der Waals surface area contributed by atoms with Crippen molar-refractivity contribution in [2.75, 3.05) is 13.7 Å². The normalized spacial score (nSPS) is 13.8. The number of benzene rings is 1. The van der Waals surface area contributed by atoms with Crippen molar-refractivity contribution in [1.29, 1.82) is 0 Å². The second-order valence-electron chi connectivity index (χ2n) is 5.95. The van der Waals surface area contributed by atoms with E-state index in [-0.39, 0.29) is 24.5 Å². The minimum atomic E-state index is -0.152. The van der Waals surface area contributed by atoms with Gasteiger partial charge >= 0.3 is 0 Å². The molecule has 118 valence electrons. The lowest BCUT2D eigenvalue weighted by atomic mass is 9.97. The minimum absolute atomic E-state index is 0.0131. The lowest BCUT2D eigenvalue weighted by Crippen LogP contribution is -2.38. The zero-order chi connectivity index (χ0) is 15.8. The summed E-state index contributed by atoms with van der Waals surface area (Å²) in [6.45, 7) is 6.17. The molecule has 0 saturated heterocycles. The molecule has 2 N–H and O–H groups in total. The molecule has 21 heavy (non-hydrogen) atoms. The fraction of sp³-hybridized carbons (Fsp3) is 0.588. The fourth-order valence-corrected chi connectivity index (χ4v) is 2.36. The molecule has 0 heterocycles. The first-order valence-corrected chi connectivity index (χ1v) is 7.50. The molecule has 0 fully saturated rings. The number of amides is 1. The Kier molecular flexibility index (Phi) is 7.23. The van der Waals surface area contributed by atoms with Gasteiger partial charge in [-0.25, -0.2) is 0 Å². The van der Waals surface area contributed by atoms with E-state index in [1.54, 1.807) is 7.11 Å². The molecule has 1 rings (SSSR count). The molecule has 0 bridgehead atoms. The van der Waals surface area contributed by atoms with Gasteiger partial charge in [0.05, 0.1) is 19.8 Å².